The van der Waals surface area contributed by atoms with Gasteiger partial charge in [0.2, 0.25) is 0 Å². The molecule has 0 aromatic carbocycles. The molecule has 0 radical (unpaired) electrons. The molecule has 1 rings (SSSR count). The Kier molecular flexibility index (Phi) is 7.04. The van der Waals surface area contributed by atoms with Crippen molar-refractivity contribution in [2.75, 3.05) is 7.11 Å². The summed E-state index contributed by atoms with van der Waals surface area (Å²) in [7, 11) is 1.25. The van der Waals surface area contributed by atoms with E-state index in [1.807, 2.05) is 0 Å². The molecule has 0 unspecified atom stereocenters. The van der Waals surface area contributed by atoms with E-state index in [4.69, 9.17) is 4.74 Å². The summed E-state index contributed by atoms with van der Waals surface area (Å²) in [6.45, 7) is 5.20. The van der Waals surface area contributed by atoms with Crippen LogP contribution in [0, 0.1) is 11.8 Å². The molecule has 1 aromatic rings. The first kappa shape index (κ1) is 19.0. The molecule has 0 aliphatic heterocycles. The molecular weight excluding hydrogens is 364 g/mol. The highest BCUT2D eigenvalue weighted by atomic mass is 79.9. The number of amides is 1. The van der Waals surface area contributed by atoms with Crippen LogP contribution in [0.25, 0.3) is 0 Å². The molecule has 124 valence electrons. The Bertz CT molecular complexity index is 629. The van der Waals surface area contributed by atoms with Gasteiger partial charge in [0.05, 0.1) is 7.11 Å². The lowest BCUT2D eigenvalue weighted by Gasteiger charge is -2.21. The van der Waals surface area contributed by atoms with Gasteiger partial charge in [-0.2, -0.15) is 0 Å². The Hall–Kier alpha value is -2.07. The van der Waals surface area contributed by atoms with E-state index >= 15 is 0 Å². The molecule has 0 aliphatic rings. The number of hydrogen-bond acceptors (Lipinski definition) is 5. The number of halogens is 1. The quantitative estimate of drug-likeness (QED) is 0.493. The first-order valence-electron chi connectivity index (χ1n) is 6.90. The van der Waals surface area contributed by atoms with Gasteiger partial charge >= 0.3 is 12.1 Å². The van der Waals surface area contributed by atoms with Crippen molar-refractivity contribution in [1.82, 2.24) is 10.3 Å². The zero-order valence-corrected chi connectivity index (χ0v) is 15.1. The highest BCUT2D eigenvalue weighted by Crippen LogP contribution is 2.08. The second kappa shape index (κ2) is 8.53. The zero-order chi connectivity index (χ0) is 17.5. The highest BCUT2D eigenvalue weighted by Gasteiger charge is 2.24. The fourth-order valence-corrected chi connectivity index (χ4v) is 1.85. The number of carbonyl (C=O) groups excluding carboxylic acids is 2. The average molecular weight is 383 g/mol. The van der Waals surface area contributed by atoms with Crippen LogP contribution in [-0.4, -0.2) is 35.8 Å². The maximum atomic E-state index is 11.8. The SMILES string of the molecule is COC(=O)[C@H](CC#Cc1cccc(Br)n1)NC(=O)OC(C)(C)C. The van der Waals surface area contributed by atoms with Crippen molar-refractivity contribution in [3.63, 3.8) is 0 Å². The van der Waals surface area contributed by atoms with E-state index < -0.39 is 23.7 Å². The van der Waals surface area contributed by atoms with Crippen molar-refractivity contribution in [3.05, 3.63) is 28.5 Å². The van der Waals surface area contributed by atoms with Crippen molar-refractivity contribution in [3.8, 4) is 11.8 Å². The lowest BCUT2D eigenvalue weighted by atomic mass is 10.2. The number of rotatable bonds is 3. The molecule has 1 atom stereocenters. The third kappa shape index (κ3) is 7.66. The summed E-state index contributed by atoms with van der Waals surface area (Å²) in [5.41, 5.74) is -0.100. The van der Waals surface area contributed by atoms with Gasteiger partial charge in [-0.25, -0.2) is 14.6 Å². The topological polar surface area (TPSA) is 77.5 Å². The molecule has 0 bridgehead atoms. The van der Waals surface area contributed by atoms with Crippen LogP contribution >= 0.6 is 15.9 Å². The molecule has 1 aromatic heterocycles. The fraction of sp³-hybridized carbons (Fsp3) is 0.438. The average Bonchev–Trinajstić information content (AvgIpc) is 2.43. The summed E-state index contributed by atoms with van der Waals surface area (Å²) in [6.07, 6.45) is -0.615. The number of carbonyl (C=O) groups is 2. The second-order valence-corrected chi connectivity index (χ2v) is 6.39. The summed E-state index contributed by atoms with van der Waals surface area (Å²) >= 11 is 3.25. The summed E-state index contributed by atoms with van der Waals surface area (Å²) in [5.74, 6) is 5.04. The number of methoxy groups -OCH3 is 1. The predicted octanol–water partition coefficient (Wildman–Crippen LogP) is 2.65. The van der Waals surface area contributed by atoms with E-state index in [9.17, 15) is 9.59 Å². The summed E-state index contributed by atoms with van der Waals surface area (Å²) in [6, 6.07) is 4.42. The minimum Gasteiger partial charge on any atom is -0.467 e. The number of pyridine rings is 1. The van der Waals surface area contributed by atoms with Gasteiger partial charge in [-0.05, 0) is 54.8 Å². The molecule has 0 saturated heterocycles. The minimum absolute atomic E-state index is 0.0834. The van der Waals surface area contributed by atoms with Gasteiger partial charge < -0.3 is 14.8 Å². The molecule has 7 heteroatoms. The van der Waals surface area contributed by atoms with Crippen LogP contribution in [0.2, 0.25) is 0 Å². The van der Waals surface area contributed by atoms with E-state index in [0.29, 0.717) is 10.3 Å². The number of esters is 1. The van der Waals surface area contributed by atoms with Gasteiger partial charge in [-0.1, -0.05) is 12.0 Å². The van der Waals surface area contributed by atoms with Crippen LogP contribution in [-0.2, 0) is 14.3 Å². The standard InChI is InChI=1S/C16H19BrN2O4/c1-16(2,3)23-15(21)19-12(14(20)22-4)9-5-7-11-8-6-10-13(17)18-11/h6,8,10,12H,9H2,1-4H3,(H,19,21)/t12-/m0/s1. The second-order valence-electron chi connectivity index (χ2n) is 5.57. The first-order chi connectivity index (χ1) is 10.7. The Morgan fingerprint density at radius 3 is 2.65 bits per heavy atom. The largest absolute Gasteiger partial charge is 0.467 e. The van der Waals surface area contributed by atoms with Gasteiger partial charge in [0.1, 0.15) is 21.9 Å². The smallest absolute Gasteiger partial charge is 0.408 e. The van der Waals surface area contributed by atoms with E-state index in [2.05, 4.69) is 42.8 Å². The van der Waals surface area contributed by atoms with Gasteiger partial charge in [0, 0.05) is 6.42 Å². The third-order valence-electron chi connectivity index (χ3n) is 2.41. The van der Waals surface area contributed by atoms with E-state index in [1.165, 1.54) is 7.11 Å². The van der Waals surface area contributed by atoms with Crippen molar-refractivity contribution in [2.24, 2.45) is 0 Å². The van der Waals surface area contributed by atoms with Crippen LogP contribution < -0.4 is 5.32 Å². The van der Waals surface area contributed by atoms with Gasteiger partial charge in [-0.3, -0.25) is 0 Å². The number of aromatic nitrogens is 1. The normalized spacial score (nSPS) is 11.7. The lowest BCUT2D eigenvalue weighted by Crippen LogP contribution is -2.43. The zero-order valence-electron chi connectivity index (χ0n) is 13.5. The lowest BCUT2D eigenvalue weighted by molar-refractivity contribution is -0.143. The van der Waals surface area contributed by atoms with Gasteiger partial charge in [0.15, 0.2) is 0 Å². The van der Waals surface area contributed by atoms with Crippen molar-refractivity contribution in [1.29, 1.82) is 0 Å². The number of nitrogens with zero attached hydrogens (tertiary/aromatic N) is 1. The maximum absolute atomic E-state index is 11.8. The number of ether oxygens (including phenoxy) is 2. The third-order valence-corrected chi connectivity index (χ3v) is 2.86. The highest BCUT2D eigenvalue weighted by molar-refractivity contribution is 9.10. The van der Waals surface area contributed by atoms with Crippen LogP contribution in [0.15, 0.2) is 22.8 Å². The minimum atomic E-state index is -0.908. The summed E-state index contributed by atoms with van der Waals surface area (Å²) in [4.78, 5) is 27.6. The first-order valence-corrected chi connectivity index (χ1v) is 7.69. The Morgan fingerprint density at radius 1 is 1.39 bits per heavy atom. The number of hydrogen-bond donors (Lipinski definition) is 1. The van der Waals surface area contributed by atoms with Crippen molar-refractivity contribution < 1.29 is 19.1 Å². The fourth-order valence-electron chi connectivity index (χ4n) is 1.51. The van der Waals surface area contributed by atoms with E-state index in [0.717, 1.165) is 0 Å². The molecule has 23 heavy (non-hydrogen) atoms. The Balaban J connectivity index is 2.73. The van der Waals surface area contributed by atoms with E-state index in [1.54, 1.807) is 39.0 Å². The van der Waals surface area contributed by atoms with Crippen LogP contribution in [0.3, 0.4) is 0 Å². The number of alkyl carbamates (subject to hydrolysis) is 1. The van der Waals surface area contributed by atoms with Crippen LogP contribution in [0.4, 0.5) is 4.79 Å². The molecule has 1 N–H and O–H groups in total. The maximum Gasteiger partial charge on any atom is 0.408 e. The van der Waals surface area contributed by atoms with Gasteiger partial charge in [-0.15, -0.1) is 0 Å². The van der Waals surface area contributed by atoms with Gasteiger partial charge in [0.25, 0.3) is 0 Å². The van der Waals surface area contributed by atoms with Crippen molar-refractivity contribution in [2.45, 2.75) is 38.8 Å². The summed E-state index contributed by atoms with van der Waals surface area (Å²) < 4.78 is 10.5. The molecule has 1 amide bonds. The molecule has 0 aliphatic carbocycles. The molecule has 0 fully saturated rings. The molecule has 0 saturated carbocycles. The Labute approximate surface area is 144 Å². The van der Waals surface area contributed by atoms with E-state index in [-0.39, 0.29) is 6.42 Å². The predicted molar refractivity (Wildman–Crippen MR) is 88.6 cm³/mol. The molecule has 0 spiro atoms. The van der Waals surface area contributed by atoms with Crippen molar-refractivity contribution >= 4 is 28.0 Å². The summed E-state index contributed by atoms with van der Waals surface area (Å²) in [5, 5.41) is 2.45. The molecule has 6 nitrogen and oxygen atoms in total. The monoisotopic (exact) mass is 382 g/mol. The van der Waals surface area contributed by atoms with Crippen LogP contribution in [0.1, 0.15) is 32.9 Å². The molecule has 1 heterocycles. The van der Waals surface area contributed by atoms with Crippen LogP contribution in [0.5, 0.6) is 0 Å². The molecular formula is C16H19BrN2O4. The number of nitrogens with one attached hydrogen (secondary N) is 1. The Morgan fingerprint density at radius 2 is 2.09 bits per heavy atom.